The third-order valence-electron chi connectivity index (χ3n) is 2.96. The lowest BCUT2D eigenvalue weighted by atomic mass is 9.90. The number of hydrogen-bond donors (Lipinski definition) is 2. The summed E-state index contributed by atoms with van der Waals surface area (Å²) in [6, 6.07) is 0. The van der Waals surface area contributed by atoms with Crippen molar-refractivity contribution in [3.8, 4) is 0 Å². The molecule has 94 valence electrons. The third kappa shape index (κ3) is 3.10. The van der Waals surface area contributed by atoms with Gasteiger partial charge < -0.3 is 15.3 Å². The molecule has 0 aliphatic carbocycles. The fourth-order valence-corrected chi connectivity index (χ4v) is 3.22. The van der Waals surface area contributed by atoms with Crippen molar-refractivity contribution in [2.24, 2.45) is 5.41 Å². The lowest BCUT2D eigenvalue weighted by molar-refractivity contribution is 0.188. The average molecular weight is 320 g/mol. The summed E-state index contributed by atoms with van der Waals surface area (Å²) < 4.78 is 1.02. The van der Waals surface area contributed by atoms with Gasteiger partial charge in [-0.25, -0.2) is 9.78 Å². The molecule has 0 spiro atoms. The molecular formula is C10H14BrN3O2S. The maximum Gasteiger partial charge on any atom is 0.404 e. The number of carbonyl (C=O) groups is 1. The minimum absolute atomic E-state index is 0.00344. The van der Waals surface area contributed by atoms with Crippen molar-refractivity contribution in [2.75, 3.05) is 24.5 Å². The molecule has 1 fully saturated rings. The van der Waals surface area contributed by atoms with Crippen LogP contribution in [0.5, 0.6) is 0 Å². The Morgan fingerprint density at radius 3 is 3.18 bits per heavy atom. The monoisotopic (exact) mass is 319 g/mol. The van der Waals surface area contributed by atoms with Crippen LogP contribution in [0.4, 0.5) is 9.93 Å². The van der Waals surface area contributed by atoms with E-state index in [0.29, 0.717) is 6.54 Å². The van der Waals surface area contributed by atoms with Crippen LogP contribution in [-0.2, 0) is 0 Å². The zero-order valence-corrected chi connectivity index (χ0v) is 11.8. The van der Waals surface area contributed by atoms with E-state index in [2.05, 4.69) is 38.1 Å². The molecule has 0 radical (unpaired) electrons. The van der Waals surface area contributed by atoms with E-state index >= 15 is 0 Å². The molecule has 1 aromatic heterocycles. The molecule has 17 heavy (non-hydrogen) atoms. The van der Waals surface area contributed by atoms with Crippen molar-refractivity contribution >= 4 is 38.5 Å². The van der Waals surface area contributed by atoms with Gasteiger partial charge in [0.15, 0.2) is 5.13 Å². The van der Waals surface area contributed by atoms with Crippen LogP contribution in [0.1, 0.15) is 13.3 Å². The second kappa shape index (κ2) is 4.81. The molecule has 1 aromatic rings. The first-order valence-electron chi connectivity index (χ1n) is 5.32. The number of thiazole rings is 1. The Kier molecular flexibility index (Phi) is 3.58. The first-order chi connectivity index (χ1) is 7.98. The molecule has 1 unspecified atom stereocenters. The molecule has 0 aromatic carbocycles. The van der Waals surface area contributed by atoms with E-state index in [9.17, 15) is 4.79 Å². The molecule has 1 amide bonds. The highest BCUT2D eigenvalue weighted by Gasteiger charge is 2.35. The van der Waals surface area contributed by atoms with Crippen LogP contribution in [0, 0.1) is 5.41 Å². The lowest BCUT2D eigenvalue weighted by Crippen LogP contribution is -2.37. The SMILES string of the molecule is CC1(CNC(=O)O)CCN(c2ncc(Br)s2)C1. The van der Waals surface area contributed by atoms with Gasteiger partial charge in [-0.1, -0.05) is 18.3 Å². The van der Waals surface area contributed by atoms with Crippen LogP contribution in [0.3, 0.4) is 0 Å². The predicted octanol–water partition coefficient (Wildman–Crippen LogP) is 2.39. The Morgan fingerprint density at radius 2 is 2.59 bits per heavy atom. The molecule has 2 heterocycles. The molecule has 1 aliphatic rings. The standard InChI is InChI=1S/C10H14BrN3O2S/c1-10(5-13-9(15)16)2-3-14(6-10)8-12-4-7(11)17-8/h4,13H,2-3,5-6H2,1H3,(H,15,16). The summed E-state index contributed by atoms with van der Waals surface area (Å²) >= 11 is 5.00. The molecule has 1 aliphatic heterocycles. The molecule has 2 N–H and O–H groups in total. The molecule has 1 atom stereocenters. The highest BCUT2D eigenvalue weighted by Crippen LogP contribution is 2.35. The number of nitrogens with one attached hydrogen (secondary N) is 1. The first-order valence-corrected chi connectivity index (χ1v) is 6.93. The van der Waals surface area contributed by atoms with Crippen molar-refractivity contribution in [1.29, 1.82) is 0 Å². The zero-order valence-electron chi connectivity index (χ0n) is 9.44. The predicted molar refractivity (Wildman–Crippen MR) is 70.8 cm³/mol. The number of anilines is 1. The molecule has 7 heteroatoms. The summed E-state index contributed by atoms with van der Waals surface area (Å²) in [5, 5.41) is 12.1. The van der Waals surface area contributed by atoms with E-state index in [1.54, 1.807) is 17.5 Å². The van der Waals surface area contributed by atoms with Crippen LogP contribution in [0.2, 0.25) is 0 Å². The molecule has 1 saturated heterocycles. The second-order valence-electron chi connectivity index (χ2n) is 4.59. The average Bonchev–Trinajstić information content (AvgIpc) is 2.83. The fourth-order valence-electron chi connectivity index (χ4n) is 2.01. The van der Waals surface area contributed by atoms with Gasteiger partial charge in [0.05, 0.1) is 9.98 Å². The maximum atomic E-state index is 10.5. The number of halogens is 1. The Morgan fingerprint density at radius 1 is 1.82 bits per heavy atom. The van der Waals surface area contributed by atoms with E-state index in [4.69, 9.17) is 5.11 Å². The Hall–Kier alpha value is -0.820. The van der Waals surface area contributed by atoms with Crippen molar-refractivity contribution in [1.82, 2.24) is 10.3 Å². The highest BCUT2D eigenvalue weighted by atomic mass is 79.9. The van der Waals surface area contributed by atoms with E-state index in [-0.39, 0.29) is 5.41 Å². The van der Waals surface area contributed by atoms with E-state index < -0.39 is 6.09 Å². The quantitative estimate of drug-likeness (QED) is 0.897. The summed E-state index contributed by atoms with van der Waals surface area (Å²) in [5.41, 5.74) is -0.00344. The molecular weight excluding hydrogens is 306 g/mol. The van der Waals surface area contributed by atoms with Crippen LogP contribution in [-0.4, -0.2) is 35.8 Å². The van der Waals surface area contributed by atoms with Crippen LogP contribution >= 0.6 is 27.3 Å². The van der Waals surface area contributed by atoms with Gasteiger partial charge in [-0.15, -0.1) is 0 Å². The van der Waals surface area contributed by atoms with Crippen LogP contribution in [0.25, 0.3) is 0 Å². The zero-order chi connectivity index (χ0) is 12.5. The van der Waals surface area contributed by atoms with E-state index in [0.717, 1.165) is 28.4 Å². The van der Waals surface area contributed by atoms with Crippen molar-refractivity contribution in [3.63, 3.8) is 0 Å². The van der Waals surface area contributed by atoms with Crippen molar-refractivity contribution < 1.29 is 9.90 Å². The summed E-state index contributed by atoms with van der Waals surface area (Å²) in [6.45, 7) is 4.36. The maximum absolute atomic E-state index is 10.5. The van der Waals surface area contributed by atoms with Gasteiger partial charge in [0.25, 0.3) is 0 Å². The Bertz CT molecular complexity index is 425. The number of aromatic nitrogens is 1. The minimum atomic E-state index is -0.957. The van der Waals surface area contributed by atoms with Gasteiger partial charge in [0.1, 0.15) is 0 Å². The molecule has 2 rings (SSSR count). The highest BCUT2D eigenvalue weighted by molar-refractivity contribution is 9.11. The van der Waals surface area contributed by atoms with Gasteiger partial charge in [-0.3, -0.25) is 0 Å². The summed E-state index contributed by atoms with van der Waals surface area (Å²) in [5.74, 6) is 0. The third-order valence-corrected chi connectivity index (χ3v) is 4.50. The van der Waals surface area contributed by atoms with Crippen molar-refractivity contribution in [2.45, 2.75) is 13.3 Å². The van der Waals surface area contributed by atoms with Crippen LogP contribution < -0.4 is 10.2 Å². The number of rotatable bonds is 3. The van der Waals surface area contributed by atoms with Gasteiger partial charge >= 0.3 is 6.09 Å². The second-order valence-corrected chi connectivity index (χ2v) is 6.98. The number of carboxylic acid groups (broad SMARTS) is 1. The fraction of sp³-hybridized carbons (Fsp3) is 0.600. The Balaban J connectivity index is 1.96. The summed E-state index contributed by atoms with van der Waals surface area (Å²) in [6.07, 6.45) is 1.82. The molecule has 5 nitrogen and oxygen atoms in total. The summed E-state index contributed by atoms with van der Waals surface area (Å²) in [7, 11) is 0. The largest absolute Gasteiger partial charge is 0.465 e. The Labute approximate surface area is 112 Å². The number of hydrogen-bond acceptors (Lipinski definition) is 4. The summed E-state index contributed by atoms with van der Waals surface area (Å²) in [4.78, 5) is 17.0. The van der Waals surface area contributed by atoms with E-state index in [1.807, 2.05) is 0 Å². The van der Waals surface area contributed by atoms with Gasteiger partial charge in [-0.05, 0) is 22.4 Å². The van der Waals surface area contributed by atoms with Crippen LogP contribution in [0.15, 0.2) is 9.98 Å². The molecule has 0 bridgehead atoms. The molecule has 0 saturated carbocycles. The van der Waals surface area contributed by atoms with Gasteiger partial charge in [-0.2, -0.15) is 0 Å². The number of nitrogens with zero attached hydrogens (tertiary/aromatic N) is 2. The number of amides is 1. The van der Waals surface area contributed by atoms with E-state index in [1.165, 1.54) is 0 Å². The minimum Gasteiger partial charge on any atom is -0.465 e. The lowest BCUT2D eigenvalue weighted by Gasteiger charge is -2.23. The van der Waals surface area contributed by atoms with Gasteiger partial charge in [0.2, 0.25) is 0 Å². The first kappa shape index (κ1) is 12.6. The topological polar surface area (TPSA) is 65.5 Å². The van der Waals surface area contributed by atoms with Gasteiger partial charge in [0, 0.05) is 25.0 Å². The smallest absolute Gasteiger partial charge is 0.404 e. The van der Waals surface area contributed by atoms with Crippen molar-refractivity contribution in [3.05, 3.63) is 9.98 Å². The normalized spacial score (nSPS) is 24.0.